The van der Waals surface area contributed by atoms with Crippen LogP contribution in [0.15, 0.2) is 34.2 Å². The van der Waals surface area contributed by atoms with Crippen LogP contribution in [-0.4, -0.2) is 63.7 Å². The SMILES string of the molecule is C=C1O[C@@H](P(=O)(OCC)OCC)C[C@]12O[C@@H](n1ccc(=O)[nH]c1=O)CC2OP(OCCC#N)N(C(C)C)C(C)C. The fourth-order valence-corrected chi connectivity index (χ4v) is 8.60. The summed E-state index contributed by atoms with van der Waals surface area (Å²) >= 11 is 0. The Kier molecular flexibility index (Phi) is 11.3. The van der Waals surface area contributed by atoms with Crippen LogP contribution in [0.5, 0.6) is 0 Å². The smallest absolute Gasteiger partial charge is 0.370 e. The molecule has 2 unspecified atom stereocenters. The summed E-state index contributed by atoms with van der Waals surface area (Å²) in [6.07, 6.45) is 0.0850. The van der Waals surface area contributed by atoms with Crippen LogP contribution in [0.25, 0.3) is 0 Å². The second-order valence-electron chi connectivity index (χ2n) is 9.93. The maximum atomic E-state index is 13.7. The van der Waals surface area contributed by atoms with E-state index in [0.717, 1.165) is 0 Å². The van der Waals surface area contributed by atoms with Gasteiger partial charge in [0.15, 0.2) is 5.60 Å². The molecular formula is C25H40N4O9P2. The first-order chi connectivity index (χ1) is 18.9. The number of nitrogens with one attached hydrogen (secondary N) is 1. The maximum Gasteiger partial charge on any atom is 0.370 e. The zero-order valence-electron chi connectivity index (χ0n) is 23.9. The summed E-state index contributed by atoms with van der Waals surface area (Å²) in [5.41, 5.74) is -2.53. The second-order valence-corrected chi connectivity index (χ2v) is 13.5. The maximum absolute atomic E-state index is 13.7. The van der Waals surface area contributed by atoms with E-state index in [2.05, 4.69) is 22.3 Å². The van der Waals surface area contributed by atoms with Crippen LogP contribution in [0.3, 0.4) is 0 Å². The van der Waals surface area contributed by atoms with Gasteiger partial charge >= 0.3 is 13.3 Å². The van der Waals surface area contributed by atoms with Crippen LogP contribution in [-0.2, 0) is 32.1 Å². The molecule has 2 aliphatic rings. The van der Waals surface area contributed by atoms with Crippen molar-refractivity contribution in [1.82, 2.24) is 14.2 Å². The van der Waals surface area contributed by atoms with Gasteiger partial charge in [0.1, 0.15) is 18.1 Å². The Balaban J connectivity index is 2.05. The largest absolute Gasteiger partial charge is 0.479 e. The summed E-state index contributed by atoms with van der Waals surface area (Å²) in [5.74, 6) is -0.858. The van der Waals surface area contributed by atoms with Crippen LogP contribution < -0.4 is 11.2 Å². The molecule has 2 saturated heterocycles. The Labute approximate surface area is 235 Å². The van der Waals surface area contributed by atoms with Gasteiger partial charge in [0.05, 0.1) is 32.3 Å². The summed E-state index contributed by atoms with van der Waals surface area (Å²) in [6, 6.07) is 3.38. The topological polar surface area (TPSA) is 154 Å². The molecule has 15 heteroatoms. The fraction of sp³-hybridized carbons (Fsp3) is 0.720. The number of aromatic nitrogens is 2. The molecule has 0 radical (unpaired) electrons. The first-order valence-electron chi connectivity index (χ1n) is 13.4. The number of nitriles is 1. The Morgan fingerprint density at radius 3 is 2.48 bits per heavy atom. The zero-order valence-corrected chi connectivity index (χ0v) is 25.7. The van der Waals surface area contributed by atoms with Crippen LogP contribution in [0.4, 0.5) is 0 Å². The molecule has 0 aromatic carbocycles. The second kappa shape index (κ2) is 13.9. The molecule has 0 bridgehead atoms. The highest BCUT2D eigenvalue weighted by molar-refractivity contribution is 7.54. The lowest BCUT2D eigenvalue weighted by molar-refractivity contribution is -0.0770. The van der Waals surface area contributed by atoms with Crippen molar-refractivity contribution in [3.8, 4) is 6.07 Å². The van der Waals surface area contributed by atoms with Crippen molar-refractivity contribution in [3.63, 3.8) is 0 Å². The van der Waals surface area contributed by atoms with Crippen molar-refractivity contribution in [2.45, 2.75) is 96.7 Å². The Hall–Kier alpha value is -1.87. The standard InChI is InChI=1S/C25H40N4O9P2/c1-8-34-40(32,35-9-2)23-16-25(19(7)36-23)20(15-22(37-25)28-13-11-21(30)27-24(28)31)38-39(33-14-10-12-26)29(17(3)4)18(5)6/h11,13,17-18,20,22-23H,7-10,14-16H2,1-6H3,(H,27,30,31)/t20?,22-,23+,25+,39?/m1/s1. The summed E-state index contributed by atoms with van der Waals surface area (Å²) < 4.78 is 53.4. The number of ether oxygens (including phenoxy) is 2. The molecule has 1 aromatic rings. The molecule has 0 saturated carbocycles. The highest BCUT2D eigenvalue weighted by atomic mass is 31.2. The van der Waals surface area contributed by atoms with Crippen molar-refractivity contribution < 1.29 is 32.1 Å². The minimum absolute atomic E-state index is 0.0209. The van der Waals surface area contributed by atoms with Gasteiger partial charge in [-0.05, 0) is 41.5 Å². The quantitative estimate of drug-likeness (QED) is 0.238. The number of rotatable bonds is 14. The van der Waals surface area contributed by atoms with Crippen molar-refractivity contribution in [2.75, 3.05) is 19.8 Å². The third-order valence-corrected chi connectivity index (χ3v) is 10.9. The number of hydrogen-bond donors (Lipinski definition) is 1. The van der Waals surface area contributed by atoms with Gasteiger partial charge in [-0.15, -0.1) is 0 Å². The summed E-state index contributed by atoms with van der Waals surface area (Å²) in [6.45, 7) is 16.0. The molecule has 1 spiro atoms. The first kappa shape index (κ1) is 32.6. The number of aromatic amines is 1. The van der Waals surface area contributed by atoms with Crippen LogP contribution in [0.2, 0.25) is 0 Å². The monoisotopic (exact) mass is 602 g/mol. The van der Waals surface area contributed by atoms with Crippen molar-refractivity contribution in [3.05, 3.63) is 45.4 Å². The average Bonchev–Trinajstić information content (AvgIpc) is 3.39. The van der Waals surface area contributed by atoms with Crippen LogP contribution in [0, 0.1) is 11.3 Å². The van der Waals surface area contributed by atoms with Crippen molar-refractivity contribution >= 4 is 16.1 Å². The minimum atomic E-state index is -3.73. The molecule has 2 aliphatic heterocycles. The molecule has 2 fully saturated rings. The molecule has 1 N–H and O–H groups in total. The molecule has 13 nitrogen and oxygen atoms in total. The van der Waals surface area contributed by atoms with Gasteiger partial charge in [-0.2, -0.15) is 5.26 Å². The van der Waals surface area contributed by atoms with Crippen LogP contribution >= 0.6 is 16.1 Å². The molecule has 5 atom stereocenters. The molecule has 0 amide bonds. The van der Waals surface area contributed by atoms with Crippen LogP contribution in [0.1, 0.15) is 67.0 Å². The summed E-state index contributed by atoms with van der Waals surface area (Å²) in [4.78, 5) is 26.6. The predicted molar refractivity (Wildman–Crippen MR) is 148 cm³/mol. The van der Waals surface area contributed by atoms with Gasteiger partial charge < -0.3 is 27.6 Å². The van der Waals surface area contributed by atoms with Gasteiger partial charge in [0.2, 0.25) is 5.85 Å². The molecule has 3 heterocycles. The minimum Gasteiger partial charge on any atom is -0.479 e. The van der Waals surface area contributed by atoms with Gasteiger partial charge in [-0.3, -0.25) is 18.9 Å². The van der Waals surface area contributed by atoms with Gasteiger partial charge in [0, 0.05) is 37.2 Å². The van der Waals surface area contributed by atoms with Crippen molar-refractivity contribution in [1.29, 1.82) is 5.26 Å². The van der Waals surface area contributed by atoms with E-state index in [0.29, 0.717) is 0 Å². The molecule has 3 rings (SSSR count). The van der Waals surface area contributed by atoms with Gasteiger partial charge in [0.25, 0.3) is 14.1 Å². The van der Waals surface area contributed by atoms with E-state index in [4.69, 9.17) is 32.8 Å². The van der Waals surface area contributed by atoms with Crippen molar-refractivity contribution in [2.24, 2.45) is 0 Å². The third kappa shape index (κ3) is 6.94. The Morgan fingerprint density at radius 2 is 1.93 bits per heavy atom. The highest BCUT2D eigenvalue weighted by Crippen LogP contribution is 2.64. The molecule has 1 aromatic heterocycles. The lowest BCUT2D eigenvalue weighted by Gasteiger charge is -2.39. The molecule has 40 heavy (non-hydrogen) atoms. The zero-order chi connectivity index (χ0) is 29.7. The van der Waals surface area contributed by atoms with Gasteiger partial charge in [-0.1, -0.05) is 6.58 Å². The van der Waals surface area contributed by atoms with E-state index in [-0.39, 0.29) is 56.9 Å². The molecule has 0 aliphatic carbocycles. The van der Waals surface area contributed by atoms with E-state index in [1.54, 1.807) is 13.8 Å². The normalized spacial score (nSPS) is 25.7. The summed E-state index contributed by atoms with van der Waals surface area (Å²) in [5, 5.41) is 9.09. The number of hydrogen-bond acceptors (Lipinski definition) is 11. The molecule has 224 valence electrons. The lowest BCUT2D eigenvalue weighted by atomic mass is 9.93. The van der Waals surface area contributed by atoms with E-state index >= 15 is 0 Å². The number of nitrogens with zero attached hydrogens (tertiary/aromatic N) is 3. The fourth-order valence-electron chi connectivity index (χ4n) is 4.94. The third-order valence-electron chi connectivity index (χ3n) is 6.52. The van der Waals surface area contributed by atoms with E-state index in [1.807, 2.05) is 27.7 Å². The summed E-state index contributed by atoms with van der Waals surface area (Å²) in [7, 11) is -5.45. The Bertz CT molecular complexity index is 1210. The number of H-pyrrole nitrogens is 1. The van der Waals surface area contributed by atoms with E-state index < -0.39 is 51.1 Å². The van der Waals surface area contributed by atoms with E-state index in [9.17, 15) is 14.2 Å². The highest BCUT2D eigenvalue weighted by Gasteiger charge is 2.63. The lowest BCUT2D eigenvalue weighted by Crippen LogP contribution is -2.42. The van der Waals surface area contributed by atoms with Gasteiger partial charge in [-0.25, -0.2) is 9.46 Å². The average molecular weight is 603 g/mol. The predicted octanol–water partition coefficient (Wildman–Crippen LogP) is 4.38. The first-order valence-corrected chi connectivity index (χ1v) is 16.2. The Morgan fingerprint density at radius 1 is 1.27 bits per heavy atom. The molecular weight excluding hydrogens is 562 g/mol. The van der Waals surface area contributed by atoms with E-state index in [1.165, 1.54) is 16.8 Å².